The van der Waals surface area contributed by atoms with E-state index in [4.69, 9.17) is 11.6 Å². The van der Waals surface area contributed by atoms with Gasteiger partial charge in [0.05, 0.1) is 0 Å². The SMILES string of the molecule is Clc1ccc2c(c1-c1cccc(-c3ccccc3)c1)CCNCC2. The lowest BCUT2D eigenvalue weighted by atomic mass is 9.91. The smallest absolute Gasteiger partial charge is 0.0487 e. The molecule has 24 heavy (non-hydrogen) atoms. The predicted molar refractivity (Wildman–Crippen MR) is 103 cm³/mol. The largest absolute Gasteiger partial charge is 0.316 e. The summed E-state index contributed by atoms with van der Waals surface area (Å²) in [4.78, 5) is 0. The van der Waals surface area contributed by atoms with Crippen molar-refractivity contribution in [1.82, 2.24) is 5.32 Å². The van der Waals surface area contributed by atoms with E-state index in [0.717, 1.165) is 31.0 Å². The Balaban J connectivity index is 1.85. The van der Waals surface area contributed by atoms with Crippen LogP contribution in [0.2, 0.25) is 5.02 Å². The molecule has 1 N–H and O–H groups in total. The van der Waals surface area contributed by atoms with Gasteiger partial charge in [0.15, 0.2) is 0 Å². The molecule has 4 rings (SSSR count). The van der Waals surface area contributed by atoms with Gasteiger partial charge < -0.3 is 5.32 Å². The fraction of sp³-hybridized carbons (Fsp3) is 0.182. The Hall–Kier alpha value is -2.09. The molecule has 0 unspecified atom stereocenters. The number of benzene rings is 3. The van der Waals surface area contributed by atoms with Gasteiger partial charge in [-0.15, -0.1) is 0 Å². The Bertz CT molecular complexity index is 855. The molecule has 1 aliphatic heterocycles. The molecule has 0 aliphatic carbocycles. The third-order valence-electron chi connectivity index (χ3n) is 4.74. The first-order valence-corrected chi connectivity index (χ1v) is 8.87. The number of hydrogen-bond donors (Lipinski definition) is 1. The van der Waals surface area contributed by atoms with Crippen molar-refractivity contribution in [3.8, 4) is 22.3 Å². The fourth-order valence-electron chi connectivity index (χ4n) is 3.54. The summed E-state index contributed by atoms with van der Waals surface area (Å²) >= 11 is 6.63. The van der Waals surface area contributed by atoms with Crippen molar-refractivity contribution in [3.63, 3.8) is 0 Å². The van der Waals surface area contributed by atoms with Crippen LogP contribution in [0.4, 0.5) is 0 Å². The van der Waals surface area contributed by atoms with Crippen LogP contribution < -0.4 is 5.32 Å². The molecule has 1 heterocycles. The van der Waals surface area contributed by atoms with Crippen LogP contribution in [-0.2, 0) is 12.8 Å². The third kappa shape index (κ3) is 2.98. The molecule has 120 valence electrons. The highest BCUT2D eigenvalue weighted by Gasteiger charge is 2.16. The maximum absolute atomic E-state index is 6.63. The van der Waals surface area contributed by atoms with Crippen LogP contribution in [0, 0.1) is 0 Å². The Morgan fingerprint density at radius 1 is 0.708 bits per heavy atom. The van der Waals surface area contributed by atoms with Gasteiger partial charge in [0, 0.05) is 10.6 Å². The van der Waals surface area contributed by atoms with E-state index >= 15 is 0 Å². The second kappa shape index (κ2) is 6.80. The summed E-state index contributed by atoms with van der Waals surface area (Å²) in [5, 5.41) is 4.33. The number of fused-ring (bicyclic) bond motifs is 1. The normalized spacial score (nSPS) is 14.0. The molecule has 0 saturated carbocycles. The van der Waals surface area contributed by atoms with E-state index in [0.29, 0.717) is 0 Å². The van der Waals surface area contributed by atoms with Gasteiger partial charge in [-0.1, -0.05) is 66.2 Å². The number of rotatable bonds is 2. The van der Waals surface area contributed by atoms with E-state index in [2.05, 4.69) is 66.0 Å². The zero-order valence-corrected chi connectivity index (χ0v) is 14.3. The molecule has 0 spiro atoms. The summed E-state index contributed by atoms with van der Waals surface area (Å²) in [7, 11) is 0. The minimum atomic E-state index is 0.848. The molecule has 0 saturated heterocycles. The van der Waals surface area contributed by atoms with E-state index in [1.807, 2.05) is 6.07 Å². The van der Waals surface area contributed by atoms with Gasteiger partial charge in [-0.25, -0.2) is 0 Å². The van der Waals surface area contributed by atoms with E-state index in [-0.39, 0.29) is 0 Å². The summed E-state index contributed by atoms with van der Waals surface area (Å²) in [5.74, 6) is 0. The van der Waals surface area contributed by atoms with Crippen LogP contribution in [0.5, 0.6) is 0 Å². The van der Waals surface area contributed by atoms with E-state index in [1.54, 1.807) is 0 Å². The molecule has 0 fully saturated rings. The number of hydrogen-bond acceptors (Lipinski definition) is 1. The van der Waals surface area contributed by atoms with Crippen molar-refractivity contribution in [2.75, 3.05) is 13.1 Å². The summed E-state index contributed by atoms with van der Waals surface area (Å²) in [6, 6.07) is 23.5. The first kappa shape index (κ1) is 15.4. The minimum absolute atomic E-state index is 0.848. The lowest BCUT2D eigenvalue weighted by Gasteiger charge is -2.15. The molecule has 0 radical (unpaired) electrons. The molecule has 3 aromatic carbocycles. The average Bonchev–Trinajstić information content (AvgIpc) is 2.88. The number of nitrogens with one attached hydrogen (secondary N) is 1. The van der Waals surface area contributed by atoms with Crippen LogP contribution in [0.1, 0.15) is 11.1 Å². The average molecular weight is 334 g/mol. The topological polar surface area (TPSA) is 12.0 Å². The molecule has 1 nitrogen and oxygen atoms in total. The first-order valence-electron chi connectivity index (χ1n) is 8.50. The van der Waals surface area contributed by atoms with Crippen molar-refractivity contribution < 1.29 is 0 Å². The molecular formula is C22H20ClN. The van der Waals surface area contributed by atoms with Crippen LogP contribution in [0.15, 0.2) is 66.7 Å². The molecule has 1 aliphatic rings. The highest BCUT2D eigenvalue weighted by Crippen LogP contribution is 2.36. The Morgan fingerprint density at radius 2 is 1.46 bits per heavy atom. The quantitative estimate of drug-likeness (QED) is 0.665. The lowest BCUT2D eigenvalue weighted by molar-refractivity contribution is 0.711. The monoisotopic (exact) mass is 333 g/mol. The maximum Gasteiger partial charge on any atom is 0.0487 e. The van der Waals surface area contributed by atoms with Crippen molar-refractivity contribution >= 4 is 11.6 Å². The molecule has 2 heteroatoms. The van der Waals surface area contributed by atoms with Gasteiger partial charge >= 0.3 is 0 Å². The summed E-state index contributed by atoms with van der Waals surface area (Å²) in [6.07, 6.45) is 2.10. The summed E-state index contributed by atoms with van der Waals surface area (Å²) in [6.45, 7) is 2.05. The van der Waals surface area contributed by atoms with Crippen molar-refractivity contribution in [3.05, 3.63) is 82.9 Å². The van der Waals surface area contributed by atoms with Gasteiger partial charge in [-0.3, -0.25) is 0 Å². The van der Waals surface area contributed by atoms with Crippen LogP contribution in [-0.4, -0.2) is 13.1 Å². The second-order valence-corrected chi connectivity index (χ2v) is 6.66. The molecule has 3 aromatic rings. The zero-order valence-electron chi connectivity index (χ0n) is 13.6. The second-order valence-electron chi connectivity index (χ2n) is 6.26. The molecular weight excluding hydrogens is 314 g/mol. The predicted octanol–water partition coefficient (Wildman–Crippen LogP) is 5.36. The van der Waals surface area contributed by atoms with E-state index in [9.17, 15) is 0 Å². The molecule has 0 atom stereocenters. The third-order valence-corrected chi connectivity index (χ3v) is 5.06. The van der Waals surface area contributed by atoms with E-state index < -0.39 is 0 Å². The van der Waals surface area contributed by atoms with Gasteiger partial charge in [-0.05, 0) is 65.9 Å². The fourth-order valence-corrected chi connectivity index (χ4v) is 3.83. The Morgan fingerprint density at radius 3 is 2.33 bits per heavy atom. The van der Waals surface area contributed by atoms with E-state index in [1.165, 1.54) is 33.4 Å². The van der Waals surface area contributed by atoms with Gasteiger partial charge in [0.2, 0.25) is 0 Å². The summed E-state index contributed by atoms with van der Waals surface area (Å²) < 4.78 is 0. The molecule has 0 bridgehead atoms. The molecule has 0 amide bonds. The Kier molecular flexibility index (Phi) is 4.38. The Labute approximate surface area is 148 Å². The van der Waals surface area contributed by atoms with Gasteiger partial charge in [0.1, 0.15) is 0 Å². The number of halogens is 1. The first-order chi connectivity index (χ1) is 11.8. The van der Waals surface area contributed by atoms with Crippen LogP contribution in [0.3, 0.4) is 0 Å². The van der Waals surface area contributed by atoms with Crippen molar-refractivity contribution in [1.29, 1.82) is 0 Å². The highest BCUT2D eigenvalue weighted by atomic mass is 35.5. The lowest BCUT2D eigenvalue weighted by Crippen LogP contribution is -2.16. The van der Waals surface area contributed by atoms with Crippen LogP contribution >= 0.6 is 11.6 Å². The maximum atomic E-state index is 6.63. The highest BCUT2D eigenvalue weighted by molar-refractivity contribution is 6.33. The van der Waals surface area contributed by atoms with Gasteiger partial charge in [0.25, 0.3) is 0 Å². The van der Waals surface area contributed by atoms with Crippen LogP contribution in [0.25, 0.3) is 22.3 Å². The summed E-state index contributed by atoms with van der Waals surface area (Å²) in [5.41, 5.74) is 7.70. The van der Waals surface area contributed by atoms with Gasteiger partial charge in [-0.2, -0.15) is 0 Å². The van der Waals surface area contributed by atoms with Crippen molar-refractivity contribution in [2.24, 2.45) is 0 Å². The van der Waals surface area contributed by atoms with Crippen molar-refractivity contribution in [2.45, 2.75) is 12.8 Å². The standard InChI is InChI=1S/C22H20ClN/c23-21-10-9-17-11-13-24-14-12-20(17)22(21)19-8-4-7-18(15-19)16-5-2-1-3-6-16/h1-10,15,24H,11-14H2. The minimum Gasteiger partial charge on any atom is -0.316 e. The zero-order chi connectivity index (χ0) is 16.4. The molecule has 0 aromatic heterocycles.